The van der Waals surface area contributed by atoms with Crippen LogP contribution in [0.15, 0.2) is 72.8 Å². The van der Waals surface area contributed by atoms with Gasteiger partial charge in [-0.1, -0.05) is 59.6 Å². The van der Waals surface area contributed by atoms with Crippen molar-refractivity contribution in [3.8, 4) is 11.3 Å². The molecule has 2 aromatic carbocycles. The molecule has 1 aliphatic heterocycles. The van der Waals surface area contributed by atoms with E-state index < -0.39 is 5.97 Å². The Kier molecular flexibility index (Phi) is 9.45. The van der Waals surface area contributed by atoms with Gasteiger partial charge in [0.1, 0.15) is 0 Å². The molecule has 2 heterocycles. The van der Waals surface area contributed by atoms with E-state index >= 15 is 0 Å². The van der Waals surface area contributed by atoms with Gasteiger partial charge in [0.25, 0.3) is 5.91 Å². The van der Waals surface area contributed by atoms with E-state index in [1.54, 1.807) is 18.2 Å². The zero-order chi connectivity index (χ0) is 29.6. The molecule has 0 bridgehead atoms. The molecule has 1 unspecified atom stereocenters. The molecule has 1 aliphatic carbocycles. The highest BCUT2D eigenvalue weighted by molar-refractivity contribution is 6.35. The summed E-state index contributed by atoms with van der Waals surface area (Å²) in [6, 6.07) is 14.7. The molecule has 2 aliphatic rings. The Hall–Kier alpha value is -3.88. The van der Waals surface area contributed by atoms with Crippen molar-refractivity contribution in [2.45, 2.75) is 38.1 Å². The number of hydrogen-bond acceptors (Lipinski definition) is 4. The SMILES string of the molecule is O=C(O)CCNC(=O)c1ccc(Cn2nc(-c3cc(Cl)cc(Cl)c3)cc2C2CCN(C(=O)C3C=CC=CC3)CC2)cc1. The smallest absolute Gasteiger partial charge is 0.305 e. The van der Waals surface area contributed by atoms with Gasteiger partial charge in [-0.25, -0.2) is 0 Å². The topological polar surface area (TPSA) is 105 Å². The Morgan fingerprint density at radius 1 is 0.976 bits per heavy atom. The summed E-state index contributed by atoms with van der Waals surface area (Å²) in [6.07, 6.45) is 10.2. The number of carbonyl (C=O) groups is 3. The van der Waals surface area contributed by atoms with E-state index in [1.807, 2.05) is 58.2 Å². The van der Waals surface area contributed by atoms with E-state index in [-0.39, 0.29) is 36.6 Å². The number of aromatic nitrogens is 2. The Balaban J connectivity index is 1.34. The summed E-state index contributed by atoms with van der Waals surface area (Å²) < 4.78 is 1.99. The summed E-state index contributed by atoms with van der Waals surface area (Å²) in [4.78, 5) is 38.1. The quantitative estimate of drug-likeness (QED) is 0.313. The third-order valence-corrected chi connectivity index (χ3v) is 8.10. The van der Waals surface area contributed by atoms with Crippen LogP contribution in [0.2, 0.25) is 10.0 Å². The van der Waals surface area contributed by atoms with Crippen LogP contribution in [0.25, 0.3) is 11.3 Å². The fourth-order valence-corrected chi connectivity index (χ4v) is 5.97. The van der Waals surface area contributed by atoms with Gasteiger partial charge in [0, 0.05) is 52.4 Å². The Labute approximate surface area is 254 Å². The lowest BCUT2D eigenvalue weighted by molar-refractivity contribution is -0.137. The van der Waals surface area contributed by atoms with Crippen LogP contribution in [-0.4, -0.2) is 57.2 Å². The van der Waals surface area contributed by atoms with Crippen molar-refractivity contribution in [2.24, 2.45) is 5.92 Å². The maximum absolute atomic E-state index is 13.1. The van der Waals surface area contributed by atoms with Crippen LogP contribution in [-0.2, 0) is 16.1 Å². The average molecular weight is 608 g/mol. The molecule has 42 heavy (non-hydrogen) atoms. The van der Waals surface area contributed by atoms with Gasteiger partial charge in [0.2, 0.25) is 5.91 Å². The molecule has 1 atom stereocenters. The summed E-state index contributed by atoms with van der Waals surface area (Å²) >= 11 is 12.6. The highest BCUT2D eigenvalue weighted by Crippen LogP contribution is 2.34. The standard InChI is InChI=1S/C32H32Cl2N4O4/c33-26-16-25(17-27(34)18-26)28-19-29(22-11-14-37(15-12-22)32(42)24-4-2-1-3-5-24)38(36-28)20-21-6-8-23(9-7-21)31(41)35-13-10-30(39)40/h1-4,6-9,16-19,22,24H,5,10-15,20H2,(H,35,41)(H,39,40). The predicted octanol–water partition coefficient (Wildman–Crippen LogP) is 5.95. The molecule has 0 spiro atoms. The monoisotopic (exact) mass is 606 g/mol. The van der Waals surface area contributed by atoms with Crippen molar-refractivity contribution in [1.29, 1.82) is 0 Å². The van der Waals surface area contributed by atoms with Crippen molar-refractivity contribution in [3.05, 3.63) is 99.7 Å². The number of carbonyl (C=O) groups excluding carboxylic acids is 2. The highest BCUT2D eigenvalue weighted by Gasteiger charge is 2.29. The number of allylic oxidation sites excluding steroid dienone is 3. The lowest BCUT2D eigenvalue weighted by Gasteiger charge is -2.34. The number of rotatable bonds is 9. The number of carboxylic acid groups (broad SMARTS) is 1. The minimum absolute atomic E-state index is 0.0711. The molecule has 1 saturated heterocycles. The van der Waals surface area contributed by atoms with E-state index in [9.17, 15) is 14.4 Å². The van der Waals surface area contributed by atoms with E-state index in [4.69, 9.17) is 33.4 Å². The van der Waals surface area contributed by atoms with Gasteiger partial charge in [-0.15, -0.1) is 0 Å². The lowest BCUT2D eigenvalue weighted by Crippen LogP contribution is -2.41. The number of hydrogen-bond donors (Lipinski definition) is 2. The Morgan fingerprint density at radius 3 is 2.33 bits per heavy atom. The lowest BCUT2D eigenvalue weighted by atomic mass is 9.91. The molecule has 2 N–H and O–H groups in total. The van der Waals surface area contributed by atoms with Crippen molar-refractivity contribution in [3.63, 3.8) is 0 Å². The second-order valence-electron chi connectivity index (χ2n) is 10.6. The van der Waals surface area contributed by atoms with Crippen LogP contribution in [0.1, 0.15) is 53.2 Å². The number of amides is 2. The molecule has 1 fully saturated rings. The molecule has 1 aromatic heterocycles. The molecule has 0 saturated carbocycles. The third-order valence-electron chi connectivity index (χ3n) is 7.67. The number of halogens is 2. The van der Waals surface area contributed by atoms with Crippen LogP contribution in [0, 0.1) is 5.92 Å². The molecular weight excluding hydrogens is 575 g/mol. The maximum atomic E-state index is 13.1. The second kappa shape index (κ2) is 13.4. The number of benzene rings is 2. The first-order chi connectivity index (χ1) is 20.3. The summed E-state index contributed by atoms with van der Waals surface area (Å²) in [5.41, 5.74) is 4.08. The van der Waals surface area contributed by atoms with Crippen LogP contribution in [0.5, 0.6) is 0 Å². The van der Waals surface area contributed by atoms with Crippen LogP contribution in [0.4, 0.5) is 0 Å². The zero-order valence-corrected chi connectivity index (χ0v) is 24.5. The molecule has 5 rings (SSSR count). The number of piperidine rings is 1. The minimum Gasteiger partial charge on any atom is -0.481 e. The summed E-state index contributed by atoms with van der Waals surface area (Å²) in [5.74, 6) is -0.965. The third kappa shape index (κ3) is 7.30. The summed E-state index contributed by atoms with van der Waals surface area (Å²) in [5, 5.41) is 17.4. The Bertz CT molecular complexity index is 1500. The van der Waals surface area contributed by atoms with E-state index in [1.165, 1.54) is 0 Å². The second-order valence-corrected chi connectivity index (χ2v) is 11.5. The van der Waals surface area contributed by atoms with Gasteiger partial charge in [-0.2, -0.15) is 5.10 Å². The first-order valence-electron chi connectivity index (χ1n) is 14.0. The van der Waals surface area contributed by atoms with Crippen molar-refractivity contribution < 1.29 is 19.5 Å². The highest BCUT2D eigenvalue weighted by atomic mass is 35.5. The van der Waals surface area contributed by atoms with Gasteiger partial charge < -0.3 is 15.3 Å². The summed E-state index contributed by atoms with van der Waals surface area (Å²) in [7, 11) is 0. The normalized spacial score (nSPS) is 16.9. The van der Waals surface area contributed by atoms with Gasteiger partial charge in [-0.05, 0) is 61.2 Å². The van der Waals surface area contributed by atoms with Crippen molar-refractivity contribution >= 4 is 41.0 Å². The van der Waals surface area contributed by atoms with Gasteiger partial charge in [0.15, 0.2) is 0 Å². The molecular formula is C32H32Cl2N4O4. The van der Waals surface area contributed by atoms with Crippen LogP contribution >= 0.6 is 23.2 Å². The van der Waals surface area contributed by atoms with Crippen molar-refractivity contribution in [2.75, 3.05) is 19.6 Å². The van der Waals surface area contributed by atoms with E-state index in [0.29, 0.717) is 35.2 Å². The molecule has 2 amide bonds. The minimum atomic E-state index is -0.962. The van der Waals surface area contributed by atoms with Crippen LogP contribution in [0.3, 0.4) is 0 Å². The van der Waals surface area contributed by atoms with E-state index in [2.05, 4.69) is 11.4 Å². The number of carboxylic acids is 1. The fourth-order valence-electron chi connectivity index (χ4n) is 5.44. The fraction of sp³-hybridized carbons (Fsp3) is 0.312. The maximum Gasteiger partial charge on any atom is 0.305 e. The largest absolute Gasteiger partial charge is 0.481 e. The van der Waals surface area contributed by atoms with Gasteiger partial charge in [-0.3, -0.25) is 19.1 Å². The summed E-state index contributed by atoms with van der Waals surface area (Å²) in [6.45, 7) is 1.93. The van der Waals surface area contributed by atoms with Crippen LogP contribution < -0.4 is 5.32 Å². The number of nitrogens with zero attached hydrogens (tertiary/aromatic N) is 3. The van der Waals surface area contributed by atoms with Gasteiger partial charge in [0.05, 0.1) is 24.6 Å². The zero-order valence-electron chi connectivity index (χ0n) is 23.0. The average Bonchev–Trinajstić information content (AvgIpc) is 3.41. The first kappa shape index (κ1) is 29.6. The molecule has 3 aromatic rings. The Morgan fingerprint density at radius 2 is 1.69 bits per heavy atom. The first-order valence-corrected chi connectivity index (χ1v) is 14.8. The molecule has 0 radical (unpaired) electrons. The number of aliphatic carboxylic acids is 1. The molecule has 8 nitrogen and oxygen atoms in total. The van der Waals surface area contributed by atoms with Crippen molar-refractivity contribution in [1.82, 2.24) is 20.0 Å². The molecule has 218 valence electrons. The number of likely N-dealkylation sites (tertiary alicyclic amines) is 1. The van der Waals surface area contributed by atoms with Gasteiger partial charge >= 0.3 is 5.97 Å². The molecule has 10 heteroatoms. The predicted molar refractivity (Wildman–Crippen MR) is 163 cm³/mol. The number of nitrogens with one attached hydrogen (secondary N) is 1. The van der Waals surface area contributed by atoms with E-state index in [0.717, 1.165) is 41.8 Å².